The normalized spacial score (nSPS) is 14.8. The molecule has 110 valence electrons. The molecule has 0 amide bonds. The lowest BCUT2D eigenvalue weighted by atomic mass is 10.4. The molecule has 6 nitrogen and oxygen atoms in total. The Balaban J connectivity index is 4.95. The summed E-state index contributed by atoms with van der Waals surface area (Å²) in [6.45, 7) is -4.26. The number of nitrogens with one attached hydrogen (secondary N) is 1. The second-order valence-electron chi connectivity index (χ2n) is 3.01. The van der Waals surface area contributed by atoms with Gasteiger partial charge < -0.3 is 4.55 Å². The van der Waals surface area contributed by atoms with Gasteiger partial charge in [0, 0.05) is 6.54 Å². The zero-order valence-corrected chi connectivity index (χ0v) is 10.0. The van der Waals surface area contributed by atoms with E-state index in [1.54, 1.807) is 0 Å². The van der Waals surface area contributed by atoms with Gasteiger partial charge in [0.2, 0.25) is 0 Å². The van der Waals surface area contributed by atoms with Gasteiger partial charge in [-0.15, -0.1) is 0 Å². The molecule has 0 fully saturated rings. The molecule has 0 radical (unpaired) electrons. The van der Waals surface area contributed by atoms with E-state index in [1.165, 1.54) is 0 Å². The molecule has 0 aliphatic rings. The maximum atomic E-state index is 12.7. The van der Waals surface area contributed by atoms with E-state index >= 15 is 0 Å². The summed E-state index contributed by atoms with van der Waals surface area (Å²) in [5, 5.41) is -5.78. The van der Waals surface area contributed by atoms with E-state index in [9.17, 15) is 43.3 Å². The van der Waals surface area contributed by atoms with Crippen molar-refractivity contribution in [2.45, 2.75) is 11.2 Å². The molecule has 0 aliphatic heterocycles. The topological polar surface area (TPSA) is 103 Å². The van der Waals surface area contributed by atoms with Crippen LogP contribution >= 0.6 is 0 Å². The van der Waals surface area contributed by atoms with Crippen molar-refractivity contribution in [2.75, 3.05) is 19.0 Å². The highest BCUT2D eigenvalue weighted by molar-refractivity contribution is 7.90. The van der Waals surface area contributed by atoms with E-state index in [-0.39, 0.29) is 0 Å². The van der Waals surface area contributed by atoms with Crippen LogP contribution in [0.4, 0.5) is 22.0 Å². The molecule has 0 unspecified atom stereocenters. The van der Waals surface area contributed by atoms with Crippen LogP contribution in [0.3, 0.4) is 0 Å². The summed E-state index contributed by atoms with van der Waals surface area (Å²) in [5.74, 6) is -6.89. The minimum Gasteiger partial charge on any atom is -0.748 e. The van der Waals surface area contributed by atoms with Crippen LogP contribution in [0.5, 0.6) is 0 Å². The Hall–Kier alpha value is -0.530. The number of hydrogen-bond acceptors (Lipinski definition) is 5. The first-order valence-electron chi connectivity index (χ1n) is 4.01. The van der Waals surface area contributed by atoms with Crippen molar-refractivity contribution in [3.63, 3.8) is 0 Å². The average molecular weight is 320 g/mol. The summed E-state index contributed by atoms with van der Waals surface area (Å²) in [4.78, 5) is 0. The molecule has 13 heteroatoms. The number of halogens is 5. The first-order valence-corrected chi connectivity index (χ1v) is 7.07. The Morgan fingerprint density at radius 1 is 1.06 bits per heavy atom. The molecule has 0 spiro atoms. The van der Waals surface area contributed by atoms with E-state index < -0.39 is 50.3 Å². The maximum Gasteiger partial charge on any atom is 0.423 e. The summed E-state index contributed by atoms with van der Waals surface area (Å²) in [6, 6.07) is 0. The fraction of sp³-hybridized carbons (Fsp3) is 1.00. The van der Waals surface area contributed by atoms with Crippen molar-refractivity contribution < 1.29 is 43.3 Å². The van der Waals surface area contributed by atoms with Gasteiger partial charge in [0.25, 0.3) is 10.0 Å². The van der Waals surface area contributed by atoms with Crippen molar-refractivity contribution in [3.8, 4) is 0 Å². The zero-order chi connectivity index (χ0) is 14.8. The largest absolute Gasteiger partial charge is 0.748 e. The predicted molar refractivity (Wildman–Crippen MR) is 47.4 cm³/mol. The highest BCUT2D eigenvalue weighted by atomic mass is 32.2. The molecule has 0 rings (SSSR count). The van der Waals surface area contributed by atoms with Crippen LogP contribution in [-0.4, -0.2) is 51.5 Å². The fourth-order valence-corrected chi connectivity index (χ4v) is 2.15. The molecular formula is C5H7F5NO5S2-. The lowest BCUT2D eigenvalue weighted by molar-refractivity contribution is -0.166. The maximum absolute atomic E-state index is 12.7. The van der Waals surface area contributed by atoms with Crippen molar-refractivity contribution in [1.82, 2.24) is 4.72 Å². The van der Waals surface area contributed by atoms with Crippen LogP contribution in [0.2, 0.25) is 0 Å². The summed E-state index contributed by atoms with van der Waals surface area (Å²) in [7, 11) is -10.9. The summed E-state index contributed by atoms with van der Waals surface area (Å²) >= 11 is 0. The zero-order valence-electron chi connectivity index (χ0n) is 8.37. The van der Waals surface area contributed by atoms with Crippen molar-refractivity contribution >= 4 is 20.1 Å². The minimum absolute atomic E-state index is 0.793. The predicted octanol–water partition coefficient (Wildman–Crippen LogP) is -0.351. The Morgan fingerprint density at radius 2 is 1.50 bits per heavy atom. The summed E-state index contributed by atoms with van der Waals surface area (Å²) < 4.78 is 114. The van der Waals surface area contributed by atoms with E-state index in [2.05, 4.69) is 0 Å². The first kappa shape index (κ1) is 17.5. The molecule has 0 aromatic carbocycles. The monoisotopic (exact) mass is 320 g/mol. The summed E-state index contributed by atoms with van der Waals surface area (Å²) in [6.07, 6.45) is 0. The molecule has 0 saturated carbocycles. The third-order valence-corrected chi connectivity index (χ3v) is 3.84. The van der Waals surface area contributed by atoms with Gasteiger partial charge in [0.1, 0.15) is 0 Å². The molecule has 0 aromatic rings. The quantitative estimate of drug-likeness (QED) is 0.510. The number of alkyl halides is 5. The van der Waals surface area contributed by atoms with Gasteiger partial charge in [-0.2, -0.15) is 17.6 Å². The standard InChI is InChI=1S/C5H8F5NO5S2/c6-3-4(7,8)5(9,10)18(15,16)11-1-2-17(12,13)14/h11H,1-3H2,(H,12,13,14)/p-1. The number of rotatable bonds is 7. The molecule has 0 atom stereocenters. The molecule has 18 heavy (non-hydrogen) atoms. The molecule has 0 aromatic heterocycles. The average Bonchev–Trinajstić information content (AvgIpc) is 2.14. The van der Waals surface area contributed by atoms with Gasteiger partial charge in [-0.25, -0.2) is 25.9 Å². The minimum atomic E-state index is -6.03. The molecule has 0 bridgehead atoms. The van der Waals surface area contributed by atoms with Crippen LogP contribution in [0.15, 0.2) is 0 Å². The fourth-order valence-electron chi connectivity index (χ4n) is 0.666. The highest BCUT2D eigenvalue weighted by Gasteiger charge is 2.65. The number of hydrogen-bond donors (Lipinski definition) is 1. The lowest BCUT2D eigenvalue weighted by Gasteiger charge is -2.24. The smallest absolute Gasteiger partial charge is 0.423 e. The number of sulfonamides is 1. The van der Waals surface area contributed by atoms with Crippen LogP contribution in [0, 0.1) is 0 Å². The summed E-state index contributed by atoms with van der Waals surface area (Å²) in [5.41, 5.74) is 0. The third kappa shape index (κ3) is 4.00. The Bertz CT molecular complexity index is 486. The second-order valence-corrected chi connectivity index (χ2v) is 6.35. The van der Waals surface area contributed by atoms with Crippen molar-refractivity contribution in [2.24, 2.45) is 0 Å². The lowest BCUT2D eigenvalue weighted by Crippen LogP contribution is -2.53. The van der Waals surface area contributed by atoms with Gasteiger partial charge in [0.15, 0.2) is 6.67 Å². The van der Waals surface area contributed by atoms with E-state index in [1.807, 2.05) is 0 Å². The Labute approximate surface area is 99.0 Å². The molecule has 0 heterocycles. The van der Waals surface area contributed by atoms with E-state index in [4.69, 9.17) is 0 Å². The van der Waals surface area contributed by atoms with Gasteiger partial charge >= 0.3 is 11.2 Å². The molecule has 0 aliphatic carbocycles. The Kier molecular flexibility index (Phi) is 5.07. The third-order valence-electron chi connectivity index (χ3n) is 1.58. The van der Waals surface area contributed by atoms with Gasteiger partial charge in [0.05, 0.1) is 15.9 Å². The molecular weight excluding hydrogens is 313 g/mol. The Morgan fingerprint density at radius 3 is 1.83 bits per heavy atom. The van der Waals surface area contributed by atoms with Gasteiger partial charge in [-0.05, 0) is 0 Å². The van der Waals surface area contributed by atoms with Gasteiger partial charge in [-0.3, -0.25) is 0 Å². The first-order chi connectivity index (χ1) is 7.77. The molecule has 1 N–H and O–H groups in total. The second kappa shape index (κ2) is 5.22. The van der Waals surface area contributed by atoms with Crippen LogP contribution in [0.25, 0.3) is 0 Å². The van der Waals surface area contributed by atoms with Crippen LogP contribution in [-0.2, 0) is 20.1 Å². The SMILES string of the molecule is O=S(=O)([O-])CCNS(=O)(=O)C(F)(F)C(F)(F)CF. The highest BCUT2D eigenvalue weighted by Crippen LogP contribution is 2.38. The van der Waals surface area contributed by atoms with Crippen LogP contribution < -0.4 is 4.72 Å². The van der Waals surface area contributed by atoms with E-state index in [0.717, 1.165) is 4.72 Å². The van der Waals surface area contributed by atoms with E-state index in [0.29, 0.717) is 0 Å². The van der Waals surface area contributed by atoms with Gasteiger partial charge in [-0.1, -0.05) is 0 Å². The van der Waals surface area contributed by atoms with Crippen LogP contribution in [0.1, 0.15) is 0 Å². The van der Waals surface area contributed by atoms with Crippen molar-refractivity contribution in [3.05, 3.63) is 0 Å². The van der Waals surface area contributed by atoms with Crippen molar-refractivity contribution in [1.29, 1.82) is 0 Å². The molecule has 0 saturated heterocycles.